The minimum Gasteiger partial charge on any atom is -0.355 e. The average molecular weight is 274 g/mol. The summed E-state index contributed by atoms with van der Waals surface area (Å²) in [4.78, 5) is 11.5. The number of rotatable bonds is 8. The van der Waals surface area contributed by atoms with Crippen LogP contribution >= 0.6 is 23.5 Å². The minimum absolute atomic E-state index is 0.174. The van der Waals surface area contributed by atoms with Gasteiger partial charge >= 0.3 is 0 Å². The van der Waals surface area contributed by atoms with Crippen molar-refractivity contribution in [3.8, 4) is 0 Å². The Bertz CT molecular complexity index is 231. The van der Waals surface area contributed by atoms with E-state index in [1.165, 1.54) is 12.8 Å². The Morgan fingerprint density at radius 1 is 1.47 bits per heavy atom. The molecule has 17 heavy (non-hydrogen) atoms. The highest BCUT2D eigenvalue weighted by molar-refractivity contribution is 8.00. The van der Waals surface area contributed by atoms with Gasteiger partial charge in [0.05, 0.1) is 5.75 Å². The molecule has 0 aromatic carbocycles. The van der Waals surface area contributed by atoms with E-state index in [0.717, 1.165) is 31.1 Å². The first-order chi connectivity index (χ1) is 8.33. The molecule has 3 nitrogen and oxygen atoms in total. The van der Waals surface area contributed by atoms with Crippen molar-refractivity contribution < 1.29 is 4.79 Å². The molecule has 0 radical (unpaired) electrons. The van der Waals surface area contributed by atoms with Crippen LogP contribution < -0.4 is 10.6 Å². The molecule has 1 fully saturated rings. The SMILES string of the molecule is C=CCSCCNC(=O)CSC1CCNCC1. The third kappa shape index (κ3) is 7.73. The van der Waals surface area contributed by atoms with Crippen molar-refractivity contribution in [3.63, 3.8) is 0 Å². The normalized spacial score (nSPS) is 16.7. The van der Waals surface area contributed by atoms with E-state index in [1.807, 2.05) is 6.08 Å². The van der Waals surface area contributed by atoms with Crippen molar-refractivity contribution in [3.05, 3.63) is 12.7 Å². The summed E-state index contributed by atoms with van der Waals surface area (Å²) in [6.45, 7) is 6.62. The Morgan fingerprint density at radius 3 is 2.94 bits per heavy atom. The van der Waals surface area contributed by atoms with Crippen LogP contribution in [0.5, 0.6) is 0 Å². The van der Waals surface area contributed by atoms with Crippen LogP contribution in [0.25, 0.3) is 0 Å². The molecule has 1 amide bonds. The monoisotopic (exact) mass is 274 g/mol. The van der Waals surface area contributed by atoms with E-state index in [-0.39, 0.29) is 5.91 Å². The molecule has 1 aliphatic rings. The Hall–Kier alpha value is -0.130. The number of carbonyl (C=O) groups is 1. The lowest BCUT2D eigenvalue weighted by Gasteiger charge is -2.21. The maximum absolute atomic E-state index is 11.5. The second-order valence-electron chi connectivity index (χ2n) is 3.97. The zero-order valence-electron chi connectivity index (χ0n) is 10.2. The molecule has 5 heteroatoms. The van der Waals surface area contributed by atoms with Gasteiger partial charge in [0, 0.05) is 23.3 Å². The standard InChI is InChI=1S/C12H22N2OS2/c1-2-8-16-9-7-14-12(15)10-17-11-3-5-13-6-4-11/h2,11,13H,1,3-10H2,(H,14,15). The maximum Gasteiger partial charge on any atom is 0.230 e. The van der Waals surface area contributed by atoms with Crippen molar-refractivity contribution in [2.45, 2.75) is 18.1 Å². The first-order valence-corrected chi connectivity index (χ1v) is 8.31. The largest absolute Gasteiger partial charge is 0.355 e. The molecule has 0 bridgehead atoms. The molecule has 0 spiro atoms. The average Bonchev–Trinajstić information content (AvgIpc) is 2.37. The smallest absolute Gasteiger partial charge is 0.230 e. The van der Waals surface area contributed by atoms with Crippen LogP contribution in [0.1, 0.15) is 12.8 Å². The lowest BCUT2D eigenvalue weighted by molar-refractivity contribution is -0.118. The third-order valence-electron chi connectivity index (χ3n) is 2.54. The van der Waals surface area contributed by atoms with Crippen molar-refractivity contribution in [2.24, 2.45) is 0 Å². The van der Waals surface area contributed by atoms with Gasteiger partial charge in [-0.05, 0) is 25.9 Å². The Labute approximate surface area is 113 Å². The first-order valence-electron chi connectivity index (χ1n) is 6.10. The molecule has 0 aromatic heterocycles. The third-order valence-corrected chi connectivity index (χ3v) is 4.88. The summed E-state index contributed by atoms with van der Waals surface area (Å²) < 4.78 is 0. The van der Waals surface area contributed by atoms with E-state index in [9.17, 15) is 4.79 Å². The summed E-state index contributed by atoms with van der Waals surface area (Å²) >= 11 is 3.59. The highest BCUT2D eigenvalue weighted by Crippen LogP contribution is 2.19. The molecule has 2 N–H and O–H groups in total. The van der Waals surface area contributed by atoms with Crippen LogP contribution in [0.2, 0.25) is 0 Å². The van der Waals surface area contributed by atoms with Crippen molar-refractivity contribution in [1.82, 2.24) is 10.6 Å². The first kappa shape index (κ1) is 14.9. The zero-order chi connectivity index (χ0) is 12.3. The topological polar surface area (TPSA) is 41.1 Å². The van der Waals surface area contributed by atoms with Crippen LogP contribution in [0, 0.1) is 0 Å². The van der Waals surface area contributed by atoms with Gasteiger partial charge in [0.1, 0.15) is 0 Å². The number of nitrogens with one attached hydrogen (secondary N) is 2. The maximum atomic E-state index is 11.5. The molecular formula is C12H22N2OS2. The quantitative estimate of drug-likeness (QED) is 0.520. The van der Waals surface area contributed by atoms with Gasteiger partial charge in [0.15, 0.2) is 0 Å². The molecule has 0 aromatic rings. The fraction of sp³-hybridized carbons (Fsp3) is 0.750. The lowest BCUT2D eigenvalue weighted by atomic mass is 10.2. The number of hydrogen-bond donors (Lipinski definition) is 2. The molecule has 0 aliphatic carbocycles. The highest BCUT2D eigenvalue weighted by Gasteiger charge is 2.14. The summed E-state index contributed by atoms with van der Waals surface area (Å²) in [7, 11) is 0. The number of piperidine rings is 1. The van der Waals surface area contributed by atoms with Crippen LogP contribution in [0.3, 0.4) is 0 Å². The Morgan fingerprint density at radius 2 is 2.24 bits per heavy atom. The van der Waals surface area contributed by atoms with Gasteiger partial charge in [-0.3, -0.25) is 4.79 Å². The highest BCUT2D eigenvalue weighted by atomic mass is 32.2. The summed E-state index contributed by atoms with van der Waals surface area (Å²) in [5.41, 5.74) is 0. The van der Waals surface area contributed by atoms with E-state index in [0.29, 0.717) is 11.0 Å². The lowest BCUT2D eigenvalue weighted by Crippen LogP contribution is -2.32. The Kier molecular flexibility index (Phi) is 8.65. The molecule has 98 valence electrons. The van der Waals surface area contributed by atoms with Crippen molar-refractivity contribution in [2.75, 3.05) is 36.9 Å². The molecule has 1 aliphatic heterocycles. The molecule has 0 saturated carbocycles. The summed E-state index contributed by atoms with van der Waals surface area (Å²) in [6, 6.07) is 0. The number of amides is 1. The molecule has 1 saturated heterocycles. The van der Waals surface area contributed by atoms with Crippen LogP contribution in [0.15, 0.2) is 12.7 Å². The van der Waals surface area contributed by atoms with Gasteiger partial charge in [-0.15, -0.1) is 18.3 Å². The summed E-state index contributed by atoms with van der Waals surface area (Å²) in [5.74, 6) is 2.71. The fourth-order valence-corrected chi connectivity index (χ4v) is 3.27. The summed E-state index contributed by atoms with van der Waals surface area (Å²) in [5, 5.41) is 6.95. The van der Waals surface area contributed by atoms with Gasteiger partial charge in [-0.25, -0.2) is 0 Å². The van der Waals surface area contributed by atoms with Gasteiger partial charge < -0.3 is 10.6 Å². The van der Waals surface area contributed by atoms with Crippen molar-refractivity contribution in [1.29, 1.82) is 0 Å². The van der Waals surface area contributed by atoms with Crippen molar-refractivity contribution >= 4 is 29.4 Å². The molecule has 0 atom stereocenters. The molecular weight excluding hydrogens is 252 g/mol. The van der Waals surface area contributed by atoms with E-state index in [4.69, 9.17) is 0 Å². The van der Waals surface area contributed by atoms with Crippen LogP contribution in [0.4, 0.5) is 0 Å². The van der Waals surface area contributed by atoms with Crippen LogP contribution in [-0.2, 0) is 4.79 Å². The molecule has 0 unspecified atom stereocenters. The predicted molar refractivity (Wildman–Crippen MR) is 78.9 cm³/mol. The summed E-state index contributed by atoms with van der Waals surface area (Å²) in [6.07, 6.45) is 4.26. The molecule has 1 rings (SSSR count). The van der Waals surface area contributed by atoms with E-state index in [2.05, 4.69) is 17.2 Å². The second-order valence-corrected chi connectivity index (χ2v) is 6.41. The van der Waals surface area contributed by atoms with Gasteiger partial charge in [-0.2, -0.15) is 11.8 Å². The molecule has 1 heterocycles. The predicted octanol–water partition coefficient (Wildman–Crippen LogP) is 1.51. The van der Waals surface area contributed by atoms with E-state index < -0.39 is 0 Å². The number of thioether (sulfide) groups is 2. The van der Waals surface area contributed by atoms with Crippen LogP contribution in [-0.4, -0.2) is 48.0 Å². The van der Waals surface area contributed by atoms with Gasteiger partial charge in [-0.1, -0.05) is 6.08 Å². The van der Waals surface area contributed by atoms with Gasteiger partial charge in [0.25, 0.3) is 0 Å². The minimum atomic E-state index is 0.174. The van der Waals surface area contributed by atoms with E-state index >= 15 is 0 Å². The van der Waals surface area contributed by atoms with Gasteiger partial charge in [0.2, 0.25) is 5.91 Å². The number of hydrogen-bond acceptors (Lipinski definition) is 4. The van der Waals surface area contributed by atoms with E-state index in [1.54, 1.807) is 23.5 Å². The fourth-order valence-electron chi connectivity index (χ4n) is 1.64. The zero-order valence-corrected chi connectivity index (χ0v) is 11.9. The second kappa shape index (κ2) is 9.85. The Balaban J connectivity index is 1.94. The number of carbonyl (C=O) groups excluding carboxylic acids is 1.